The molecule has 4 aromatic rings. The summed E-state index contributed by atoms with van der Waals surface area (Å²) in [6, 6.07) is 10.7. The van der Waals surface area contributed by atoms with Gasteiger partial charge in [-0.3, -0.25) is 19.8 Å². The van der Waals surface area contributed by atoms with Gasteiger partial charge >= 0.3 is 0 Å². The third kappa shape index (κ3) is 5.21. The van der Waals surface area contributed by atoms with Gasteiger partial charge in [-0.05, 0) is 41.5 Å². The highest BCUT2D eigenvalue weighted by Crippen LogP contribution is 2.26. The number of hydrogen-bond donors (Lipinski definition) is 2. The number of sulfone groups is 1. The number of ether oxygens (including phenoxy) is 1. The fraction of sp³-hybridized carbons (Fsp3) is 0.250. The van der Waals surface area contributed by atoms with E-state index in [4.69, 9.17) is 4.74 Å². The molecule has 1 aliphatic heterocycles. The third-order valence-corrected chi connectivity index (χ3v) is 6.79. The number of hydrogen-bond acceptors (Lipinski definition) is 8. The van der Waals surface area contributed by atoms with E-state index >= 15 is 0 Å². The molecular formula is C24H24N6O4S. The largest absolute Gasteiger partial charge is 0.379 e. The van der Waals surface area contributed by atoms with E-state index in [2.05, 4.69) is 36.4 Å². The zero-order valence-electron chi connectivity index (χ0n) is 19.1. The highest BCUT2D eigenvalue weighted by atomic mass is 32.2. The third-order valence-electron chi connectivity index (χ3n) is 5.79. The summed E-state index contributed by atoms with van der Waals surface area (Å²) in [6.45, 7) is 4.09. The lowest BCUT2D eigenvalue weighted by Gasteiger charge is -2.26. The van der Waals surface area contributed by atoms with E-state index in [0.717, 1.165) is 61.3 Å². The Bertz CT molecular complexity index is 1480. The minimum atomic E-state index is -3.42. The number of carbonyl (C=O) groups is 1. The standard InChI is InChI=1S/C24H24N6O4S/c1-35(32,33)22-5-3-19(14-26-22)27-24(31)23-20-11-17(2-4-21(20)28-29-23)18-10-16(12-25-13-18)15-30-6-8-34-9-7-30/h2-5,10-14H,6-9,15H2,1H3,(H,27,31)(H,28,29). The molecule has 1 saturated heterocycles. The molecule has 1 aliphatic rings. The zero-order chi connectivity index (χ0) is 24.4. The van der Waals surface area contributed by atoms with Gasteiger partial charge in [0, 0.05) is 49.2 Å². The highest BCUT2D eigenvalue weighted by Gasteiger charge is 2.17. The predicted molar refractivity (Wildman–Crippen MR) is 131 cm³/mol. The van der Waals surface area contributed by atoms with Crippen LogP contribution in [0.25, 0.3) is 22.0 Å². The summed E-state index contributed by atoms with van der Waals surface area (Å²) in [6.07, 6.45) is 6.06. The molecule has 180 valence electrons. The van der Waals surface area contributed by atoms with Crippen LogP contribution in [0.1, 0.15) is 16.1 Å². The van der Waals surface area contributed by atoms with Gasteiger partial charge in [-0.15, -0.1) is 0 Å². The van der Waals surface area contributed by atoms with E-state index in [1.165, 1.54) is 18.3 Å². The summed E-state index contributed by atoms with van der Waals surface area (Å²) in [5, 5.41) is 10.4. The maximum absolute atomic E-state index is 12.9. The van der Waals surface area contributed by atoms with Gasteiger partial charge in [0.1, 0.15) is 0 Å². The van der Waals surface area contributed by atoms with Crippen molar-refractivity contribution in [2.75, 3.05) is 37.9 Å². The van der Waals surface area contributed by atoms with Crippen molar-refractivity contribution in [2.45, 2.75) is 11.6 Å². The highest BCUT2D eigenvalue weighted by molar-refractivity contribution is 7.90. The van der Waals surface area contributed by atoms with Crippen molar-refractivity contribution in [3.8, 4) is 11.1 Å². The Balaban J connectivity index is 1.38. The molecule has 35 heavy (non-hydrogen) atoms. The zero-order valence-corrected chi connectivity index (χ0v) is 19.9. The number of morpholine rings is 1. The Kier molecular flexibility index (Phi) is 6.29. The van der Waals surface area contributed by atoms with Crippen LogP contribution in [-0.2, 0) is 21.1 Å². The average molecular weight is 493 g/mol. The molecule has 2 N–H and O–H groups in total. The van der Waals surface area contributed by atoms with Gasteiger partial charge < -0.3 is 10.1 Å². The Morgan fingerprint density at radius 3 is 2.66 bits per heavy atom. The van der Waals surface area contributed by atoms with Crippen molar-refractivity contribution in [3.63, 3.8) is 0 Å². The molecule has 3 aromatic heterocycles. The second-order valence-electron chi connectivity index (χ2n) is 8.41. The van der Waals surface area contributed by atoms with Crippen LogP contribution in [0.4, 0.5) is 5.69 Å². The van der Waals surface area contributed by atoms with Crippen molar-refractivity contribution in [1.82, 2.24) is 25.1 Å². The van der Waals surface area contributed by atoms with Crippen molar-refractivity contribution in [3.05, 3.63) is 66.2 Å². The first-order valence-corrected chi connectivity index (χ1v) is 13.0. The van der Waals surface area contributed by atoms with Gasteiger partial charge in [0.25, 0.3) is 5.91 Å². The minimum Gasteiger partial charge on any atom is -0.379 e. The maximum atomic E-state index is 12.9. The van der Waals surface area contributed by atoms with Crippen LogP contribution in [0.15, 0.2) is 60.0 Å². The molecule has 5 rings (SSSR count). The van der Waals surface area contributed by atoms with E-state index < -0.39 is 15.7 Å². The number of aromatic amines is 1. The lowest BCUT2D eigenvalue weighted by molar-refractivity contribution is 0.0341. The van der Waals surface area contributed by atoms with Crippen LogP contribution in [0.5, 0.6) is 0 Å². The Labute approximate surface area is 202 Å². The first kappa shape index (κ1) is 23.1. The molecule has 0 aliphatic carbocycles. The summed E-state index contributed by atoms with van der Waals surface area (Å²) in [5.41, 5.74) is 4.30. The van der Waals surface area contributed by atoms with Gasteiger partial charge in [0.2, 0.25) is 0 Å². The van der Waals surface area contributed by atoms with Crippen molar-refractivity contribution in [2.24, 2.45) is 0 Å². The second-order valence-corrected chi connectivity index (χ2v) is 10.4. The van der Waals surface area contributed by atoms with Crippen LogP contribution in [0.2, 0.25) is 0 Å². The molecular weight excluding hydrogens is 468 g/mol. The first-order chi connectivity index (χ1) is 16.9. The molecule has 0 unspecified atom stereocenters. The second kappa shape index (κ2) is 9.53. The van der Waals surface area contributed by atoms with E-state index in [1.807, 2.05) is 24.4 Å². The molecule has 10 nitrogen and oxygen atoms in total. The summed E-state index contributed by atoms with van der Waals surface area (Å²) < 4.78 is 28.6. The SMILES string of the molecule is CS(=O)(=O)c1ccc(NC(=O)c2n[nH]c3ccc(-c4cncc(CN5CCOCC5)c4)cc23)cn1. The number of benzene rings is 1. The smallest absolute Gasteiger partial charge is 0.276 e. The van der Waals surface area contributed by atoms with Crippen LogP contribution in [0.3, 0.4) is 0 Å². The fourth-order valence-corrected chi connectivity index (χ4v) is 4.54. The number of aromatic nitrogens is 4. The number of H-pyrrole nitrogens is 1. The summed E-state index contributed by atoms with van der Waals surface area (Å²) in [4.78, 5) is 23.6. The quantitative estimate of drug-likeness (QED) is 0.420. The Hall–Kier alpha value is -3.67. The topological polar surface area (TPSA) is 130 Å². The van der Waals surface area contributed by atoms with Gasteiger partial charge in [-0.1, -0.05) is 6.07 Å². The fourth-order valence-electron chi connectivity index (χ4n) is 3.98. The maximum Gasteiger partial charge on any atom is 0.276 e. The van der Waals surface area contributed by atoms with Gasteiger partial charge in [-0.2, -0.15) is 5.10 Å². The Morgan fingerprint density at radius 2 is 1.91 bits per heavy atom. The number of pyridine rings is 2. The summed E-state index contributed by atoms with van der Waals surface area (Å²) in [7, 11) is -3.42. The van der Waals surface area contributed by atoms with E-state index in [-0.39, 0.29) is 10.7 Å². The van der Waals surface area contributed by atoms with Crippen LogP contribution < -0.4 is 5.32 Å². The number of fused-ring (bicyclic) bond motifs is 1. The number of nitrogens with one attached hydrogen (secondary N) is 2. The van der Waals surface area contributed by atoms with Gasteiger partial charge in [0.05, 0.1) is 30.6 Å². The molecule has 1 aromatic carbocycles. The predicted octanol–water partition coefficient (Wildman–Crippen LogP) is 2.51. The minimum absolute atomic E-state index is 0.0604. The monoisotopic (exact) mass is 492 g/mol. The molecule has 1 amide bonds. The van der Waals surface area contributed by atoms with Crippen LogP contribution in [0, 0.1) is 0 Å². The van der Waals surface area contributed by atoms with E-state index in [0.29, 0.717) is 11.1 Å². The van der Waals surface area contributed by atoms with E-state index in [9.17, 15) is 13.2 Å². The molecule has 0 saturated carbocycles. The Morgan fingerprint density at radius 1 is 1.09 bits per heavy atom. The van der Waals surface area contributed by atoms with Crippen LogP contribution in [-0.4, -0.2) is 71.9 Å². The number of carbonyl (C=O) groups excluding carboxylic acids is 1. The average Bonchev–Trinajstić information content (AvgIpc) is 3.28. The molecule has 0 spiro atoms. The lowest BCUT2D eigenvalue weighted by atomic mass is 10.0. The molecule has 1 fully saturated rings. The number of anilines is 1. The van der Waals surface area contributed by atoms with Gasteiger partial charge in [-0.25, -0.2) is 13.4 Å². The molecule has 0 atom stereocenters. The summed E-state index contributed by atoms with van der Waals surface area (Å²) in [5.74, 6) is -0.429. The van der Waals surface area contributed by atoms with Crippen molar-refractivity contribution >= 4 is 32.3 Å². The van der Waals surface area contributed by atoms with E-state index in [1.54, 1.807) is 6.20 Å². The lowest BCUT2D eigenvalue weighted by Crippen LogP contribution is -2.35. The summed E-state index contributed by atoms with van der Waals surface area (Å²) >= 11 is 0. The molecule has 11 heteroatoms. The number of nitrogens with zero attached hydrogens (tertiary/aromatic N) is 4. The first-order valence-electron chi connectivity index (χ1n) is 11.1. The number of rotatable bonds is 6. The van der Waals surface area contributed by atoms with Crippen molar-refractivity contribution in [1.29, 1.82) is 0 Å². The molecule has 0 bridgehead atoms. The normalized spacial score (nSPS) is 14.8. The molecule has 4 heterocycles. The number of amides is 1. The van der Waals surface area contributed by atoms with Crippen molar-refractivity contribution < 1.29 is 17.9 Å². The van der Waals surface area contributed by atoms with Crippen LogP contribution >= 0.6 is 0 Å². The molecule has 0 radical (unpaired) electrons. The van der Waals surface area contributed by atoms with Gasteiger partial charge in [0.15, 0.2) is 20.6 Å².